The van der Waals surface area contributed by atoms with E-state index in [1.807, 2.05) is 16.8 Å². The van der Waals surface area contributed by atoms with E-state index < -0.39 is 10.0 Å². The molecule has 1 saturated heterocycles. The van der Waals surface area contributed by atoms with Gasteiger partial charge in [0.2, 0.25) is 11.0 Å². The van der Waals surface area contributed by atoms with Crippen LogP contribution in [0.3, 0.4) is 0 Å². The normalized spacial score (nSPS) is 14.7. The Kier molecular flexibility index (Phi) is 5.90. The summed E-state index contributed by atoms with van der Waals surface area (Å²) < 4.78 is 37.0. The molecular formula is C18H18N4O4S3. The van der Waals surface area contributed by atoms with Gasteiger partial charge in [-0.25, -0.2) is 13.4 Å². The molecule has 1 aliphatic heterocycles. The van der Waals surface area contributed by atoms with E-state index in [0.717, 1.165) is 22.7 Å². The topological polar surface area (TPSA) is 101 Å². The van der Waals surface area contributed by atoms with Crippen molar-refractivity contribution >= 4 is 43.9 Å². The van der Waals surface area contributed by atoms with Crippen molar-refractivity contribution < 1.29 is 17.9 Å². The maximum absolute atomic E-state index is 12.6. The lowest BCUT2D eigenvalue weighted by molar-refractivity contribution is -0.134. The van der Waals surface area contributed by atoms with Gasteiger partial charge in [-0.05, 0) is 40.1 Å². The van der Waals surface area contributed by atoms with Gasteiger partial charge in [0.25, 0.3) is 10.0 Å². The zero-order chi connectivity index (χ0) is 20.3. The summed E-state index contributed by atoms with van der Waals surface area (Å²) in [5.41, 5.74) is 2.00. The number of rotatable bonds is 6. The summed E-state index contributed by atoms with van der Waals surface area (Å²) >= 11 is 2.50. The van der Waals surface area contributed by atoms with Crippen LogP contribution in [0.15, 0.2) is 46.0 Å². The van der Waals surface area contributed by atoms with Crippen LogP contribution in [-0.2, 0) is 26.0 Å². The standard InChI is InChI=1S/C18H18N4O4S3/c23-17(22-6-8-26-9-7-22)11-16-19-18(28-20-16)21-29(24,25)15-3-1-13(2-4-15)14-5-10-27-12-14/h1-5,10,12H,6-9,11H2,(H,19,20,21). The molecule has 0 atom stereocenters. The Morgan fingerprint density at radius 3 is 2.59 bits per heavy atom. The van der Waals surface area contributed by atoms with E-state index in [1.54, 1.807) is 40.5 Å². The van der Waals surface area contributed by atoms with E-state index in [9.17, 15) is 13.2 Å². The highest BCUT2D eigenvalue weighted by molar-refractivity contribution is 7.93. The summed E-state index contributed by atoms with van der Waals surface area (Å²) in [5.74, 6) is 0.210. The van der Waals surface area contributed by atoms with E-state index in [0.29, 0.717) is 32.1 Å². The minimum Gasteiger partial charge on any atom is -0.378 e. The van der Waals surface area contributed by atoms with Crippen molar-refractivity contribution in [1.29, 1.82) is 0 Å². The predicted octanol–water partition coefficient (Wildman–Crippen LogP) is 2.47. The van der Waals surface area contributed by atoms with E-state index in [-0.39, 0.29) is 22.4 Å². The van der Waals surface area contributed by atoms with Crippen molar-refractivity contribution in [3.05, 3.63) is 46.9 Å². The number of anilines is 1. The van der Waals surface area contributed by atoms with Gasteiger partial charge in [-0.1, -0.05) is 12.1 Å². The Morgan fingerprint density at radius 2 is 1.90 bits per heavy atom. The van der Waals surface area contributed by atoms with Gasteiger partial charge < -0.3 is 9.64 Å². The van der Waals surface area contributed by atoms with Crippen molar-refractivity contribution in [3.63, 3.8) is 0 Å². The lowest BCUT2D eigenvalue weighted by Crippen LogP contribution is -2.41. The van der Waals surface area contributed by atoms with Gasteiger partial charge in [0.05, 0.1) is 24.5 Å². The van der Waals surface area contributed by atoms with Crippen molar-refractivity contribution in [2.45, 2.75) is 11.3 Å². The maximum Gasteiger partial charge on any atom is 0.263 e. The van der Waals surface area contributed by atoms with Crippen LogP contribution in [0.25, 0.3) is 11.1 Å². The zero-order valence-electron chi connectivity index (χ0n) is 15.3. The molecule has 3 aromatic rings. The molecule has 8 nitrogen and oxygen atoms in total. The van der Waals surface area contributed by atoms with Gasteiger partial charge in [-0.2, -0.15) is 15.7 Å². The Hall–Kier alpha value is -2.34. The number of ether oxygens (including phenoxy) is 1. The van der Waals surface area contributed by atoms with Crippen molar-refractivity contribution in [3.8, 4) is 11.1 Å². The molecule has 0 aliphatic carbocycles. The number of carbonyl (C=O) groups is 1. The van der Waals surface area contributed by atoms with Crippen molar-refractivity contribution in [1.82, 2.24) is 14.3 Å². The number of carbonyl (C=O) groups excluding carboxylic acids is 1. The molecule has 4 rings (SSSR count). The lowest BCUT2D eigenvalue weighted by Gasteiger charge is -2.26. The highest BCUT2D eigenvalue weighted by Crippen LogP contribution is 2.24. The van der Waals surface area contributed by atoms with Crippen LogP contribution < -0.4 is 4.72 Å². The summed E-state index contributed by atoms with van der Waals surface area (Å²) in [7, 11) is -3.79. The summed E-state index contributed by atoms with van der Waals surface area (Å²) in [6.45, 7) is 2.13. The summed E-state index contributed by atoms with van der Waals surface area (Å²) in [5, 5.41) is 4.11. The number of amides is 1. The first kappa shape index (κ1) is 20.0. The van der Waals surface area contributed by atoms with E-state index in [2.05, 4.69) is 14.1 Å². The zero-order valence-corrected chi connectivity index (χ0v) is 17.7. The third-order valence-corrected chi connectivity index (χ3v) is 7.22. The van der Waals surface area contributed by atoms with Gasteiger partial charge in [0, 0.05) is 24.6 Å². The second-order valence-corrected chi connectivity index (χ2v) is 9.54. The number of nitrogens with one attached hydrogen (secondary N) is 1. The molecule has 1 amide bonds. The second kappa shape index (κ2) is 8.57. The molecule has 0 bridgehead atoms. The number of nitrogens with zero attached hydrogens (tertiary/aromatic N) is 3. The lowest BCUT2D eigenvalue weighted by atomic mass is 10.1. The molecule has 11 heteroatoms. The number of aromatic nitrogens is 2. The minimum absolute atomic E-state index is 0.0353. The van der Waals surface area contributed by atoms with Crippen LogP contribution in [0, 0.1) is 0 Å². The summed E-state index contributed by atoms with van der Waals surface area (Å²) in [6, 6.07) is 8.62. The molecule has 1 fully saturated rings. The highest BCUT2D eigenvalue weighted by atomic mass is 32.2. The van der Waals surface area contributed by atoms with Crippen LogP contribution in [0.4, 0.5) is 5.13 Å². The molecule has 29 heavy (non-hydrogen) atoms. The third kappa shape index (κ3) is 4.81. The quantitative estimate of drug-likeness (QED) is 0.619. The van der Waals surface area contributed by atoms with Gasteiger partial charge in [-0.15, -0.1) is 0 Å². The van der Waals surface area contributed by atoms with Gasteiger partial charge in [0.15, 0.2) is 5.82 Å². The van der Waals surface area contributed by atoms with Gasteiger partial charge in [-0.3, -0.25) is 9.52 Å². The van der Waals surface area contributed by atoms with E-state index in [4.69, 9.17) is 4.74 Å². The third-order valence-electron chi connectivity index (χ3n) is 4.38. The molecule has 0 unspecified atom stereocenters. The number of hydrogen-bond donors (Lipinski definition) is 1. The maximum atomic E-state index is 12.6. The van der Waals surface area contributed by atoms with E-state index in [1.165, 1.54) is 0 Å². The fourth-order valence-electron chi connectivity index (χ4n) is 2.86. The Bertz CT molecular complexity index is 1070. The molecule has 0 spiro atoms. The fourth-order valence-corrected chi connectivity index (χ4v) is 5.33. The van der Waals surface area contributed by atoms with Crippen LogP contribution in [0.1, 0.15) is 5.82 Å². The monoisotopic (exact) mass is 450 g/mol. The molecule has 3 heterocycles. The van der Waals surface area contributed by atoms with Gasteiger partial charge >= 0.3 is 0 Å². The first-order chi connectivity index (χ1) is 14.0. The molecular weight excluding hydrogens is 432 g/mol. The second-order valence-electron chi connectivity index (χ2n) is 6.33. The average Bonchev–Trinajstić information content (AvgIpc) is 3.41. The van der Waals surface area contributed by atoms with Crippen LogP contribution in [-0.4, -0.2) is 54.9 Å². The first-order valence-electron chi connectivity index (χ1n) is 8.85. The van der Waals surface area contributed by atoms with Crippen LogP contribution in [0.2, 0.25) is 0 Å². The number of hydrogen-bond acceptors (Lipinski definition) is 8. The molecule has 0 radical (unpaired) electrons. The van der Waals surface area contributed by atoms with Crippen molar-refractivity contribution in [2.75, 3.05) is 31.0 Å². The minimum atomic E-state index is -3.79. The highest BCUT2D eigenvalue weighted by Gasteiger charge is 2.21. The molecule has 2 aromatic heterocycles. The number of benzene rings is 1. The fraction of sp³-hybridized carbons (Fsp3) is 0.278. The number of thiophene rings is 1. The molecule has 1 aromatic carbocycles. The molecule has 0 saturated carbocycles. The number of sulfonamides is 1. The van der Waals surface area contributed by atoms with Crippen molar-refractivity contribution in [2.24, 2.45) is 0 Å². The predicted molar refractivity (Wildman–Crippen MR) is 112 cm³/mol. The Labute approximate surface area is 176 Å². The summed E-state index contributed by atoms with van der Waals surface area (Å²) in [6.07, 6.45) is 0.0353. The van der Waals surface area contributed by atoms with E-state index >= 15 is 0 Å². The Balaban J connectivity index is 1.41. The first-order valence-corrected chi connectivity index (χ1v) is 12.0. The van der Waals surface area contributed by atoms with Crippen LogP contribution in [0.5, 0.6) is 0 Å². The number of morpholine rings is 1. The van der Waals surface area contributed by atoms with Gasteiger partial charge in [0.1, 0.15) is 0 Å². The Morgan fingerprint density at radius 1 is 1.14 bits per heavy atom. The summed E-state index contributed by atoms with van der Waals surface area (Å²) in [4.78, 5) is 18.3. The molecule has 152 valence electrons. The molecule has 1 N–H and O–H groups in total. The SMILES string of the molecule is O=C(Cc1nsc(NS(=O)(=O)c2ccc(-c3ccsc3)cc2)n1)N1CCOCC1. The largest absolute Gasteiger partial charge is 0.378 e. The average molecular weight is 451 g/mol. The molecule has 1 aliphatic rings. The van der Waals surface area contributed by atoms with Crippen LogP contribution >= 0.6 is 22.9 Å². The smallest absolute Gasteiger partial charge is 0.263 e.